The second kappa shape index (κ2) is 6.81. The van der Waals surface area contributed by atoms with Crippen molar-refractivity contribution < 1.29 is 18.7 Å². The van der Waals surface area contributed by atoms with Crippen LogP contribution in [0.3, 0.4) is 0 Å². The highest BCUT2D eigenvalue weighted by atomic mass is 32.2. The molecule has 3 heterocycles. The van der Waals surface area contributed by atoms with Crippen LogP contribution in [0.25, 0.3) is 11.5 Å². The maximum absolute atomic E-state index is 12.1. The number of carbonyl (C=O) groups is 1. The number of pyridine rings is 1. The number of rotatable bonds is 5. The lowest BCUT2D eigenvalue weighted by Crippen LogP contribution is -2.13. The van der Waals surface area contributed by atoms with Crippen LogP contribution in [0, 0.1) is 0 Å². The quantitative estimate of drug-likeness (QED) is 0.697. The number of carbonyl (C=O) groups excluding carboxylic acids is 1. The summed E-state index contributed by atoms with van der Waals surface area (Å²) in [4.78, 5) is 16.0. The standard InChI is InChI=1S/C16H12N4O4S/c21-14(18-11-1-2-12-13(7-11)23-9-22-12)8-25-16-20-19-15(24-16)10-3-5-17-6-4-10/h1-7H,8-9H2,(H,18,21). The van der Waals surface area contributed by atoms with E-state index >= 15 is 0 Å². The van der Waals surface area contributed by atoms with E-state index in [2.05, 4.69) is 20.5 Å². The molecule has 0 saturated heterocycles. The molecule has 3 aromatic rings. The molecule has 8 nitrogen and oxygen atoms in total. The molecule has 0 spiro atoms. The summed E-state index contributed by atoms with van der Waals surface area (Å²) in [6.45, 7) is 0.194. The summed E-state index contributed by atoms with van der Waals surface area (Å²) < 4.78 is 16.0. The molecular weight excluding hydrogens is 344 g/mol. The Kier molecular flexibility index (Phi) is 4.21. The number of nitrogens with zero attached hydrogens (tertiary/aromatic N) is 3. The molecule has 1 amide bonds. The number of hydrogen-bond donors (Lipinski definition) is 1. The van der Waals surface area contributed by atoms with E-state index in [1.54, 1.807) is 42.7 Å². The van der Waals surface area contributed by atoms with Crippen molar-refractivity contribution in [3.63, 3.8) is 0 Å². The highest BCUT2D eigenvalue weighted by Gasteiger charge is 2.15. The zero-order valence-corrected chi connectivity index (χ0v) is 13.7. The Labute approximate surface area is 146 Å². The van der Waals surface area contributed by atoms with Gasteiger partial charge in [-0.25, -0.2) is 0 Å². The van der Waals surface area contributed by atoms with Crippen LogP contribution < -0.4 is 14.8 Å². The van der Waals surface area contributed by atoms with Crippen molar-refractivity contribution in [3.8, 4) is 23.0 Å². The van der Waals surface area contributed by atoms with E-state index in [4.69, 9.17) is 13.9 Å². The van der Waals surface area contributed by atoms with Crippen LogP contribution in [0.2, 0.25) is 0 Å². The monoisotopic (exact) mass is 356 g/mol. The largest absolute Gasteiger partial charge is 0.454 e. The Morgan fingerprint density at radius 2 is 1.96 bits per heavy atom. The molecule has 0 atom stereocenters. The number of fused-ring (bicyclic) bond motifs is 1. The van der Waals surface area contributed by atoms with Gasteiger partial charge in [-0.1, -0.05) is 11.8 Å². The summed E-state index contributed by atoms with van der Waals surface area (Å²) in [6, 6.07) is 8.77. The van der Waals surface area contributed by atoms with Gasteiger partial charge >= 0.3 is 0 Å². The van der Waals surface area contributed by atoms with E-state index in [0.717, 1.165) is 17.3 Å². The SMILES string of the molecule is O=C(CSc1nnc(-c2ccncc2)o1)Nc1ccc2c(c1)OCO2. The fourth-order valence-electron chi connectivity index (χ4n) is 2.18. The summed E-state index contributed by atoms with van der Waals surface area (Å²) in [7, 11) is 0. The highest BCUT2D eigenvalue weighted by Crippen LogP contribution is 2.34. The summed E-state index contributed by atoms with van der Waals surface area (Å²) >= 11 is 1.16. The maximum atomic E-state index is 12.1. The fraction of sp³-hybridized carbons (Fsp3) is 0.125. The number of anilines is 1. The van der Waals surface area contributed by atoms with E-state index in [1.807, 2.05) is 0 Å². The molecule has 2 aromatic heterocycles. The first kappa shape index (κ1) is 15.5. The van der Waals surface area contributed by atoms with Crippen LogP contribution in [-0.2, 0) is 4.79 Å². The molecule has 4 rings (SSSR count). The Hall–Kier alpha value is -3.07. The molecule has 1 aromatic carbocycles. The van der Waals surface area contributed by atoms with Crippen LogP contribution >= 0.6 is 11.8 Å². The van der Waals surface area contributed by atoms with Gasteiger partial charge in [0.15, 0.2) is 11.5 Å². The van der Waals surface area contributed by atoms with Gasteiger partial charge in [-0.05, 0) is 24.3 Å². The number of benzene rings is 1. The van der Waals surface area contributed by atoms with Gasteiger partial charge in [0.05, 0.1) is 5.75 Å². The smallest absolute Gasteiger partial charge is 0.277 e. The second-order valence-corrected chi connectivity index (χ2v) is 5.94. The summed E-state index contributed by atoms with van der Waals surface area (Å²) in [6.07, 6.45) is 3.29. The van der Waals surface area contributed by atoms with Gasteiger partial charge in [0.25, 0.3) is 5.22 Å². The molecule has 0 fully saturated rings. The van der Waals surface area contributed by atoms with E-state index in [0.29, 0.717) is 28.3 Å². The van der Waals surface area contributed by atoms with Crippen LogP contribution in [-0.4, -0.2) is 33.6 Å². The summed E-state index contributed by atoms with van der Waals surface area (Å²) in [5.41, 5.74) is 1.41. The molecule has 0 saturated carbocycles. The first-order valence-corrected chi connectivity index (χ1v) is 8.33. The molecule has 0 unspecified atom stereocenters. The molecule has 25 heavy (non-hydrogen) atoms. The molecule has 1 aliphatic heterocycles. The zero-order valence-electron chi connectivity index (χ0n) is 12.8. The number of thioether (sulfide) groups is 1. The minimum atomic E-state index is -0.187. The Morgan fingerprint density at radius 3 is 2.84 bits per heavy atom. The third-order valence-corrected chi connectivity index (χ3v) is 4.14. The Bertz CT molecular complexity index is 900. The summed E-state index contributed by atoms with van der Waals surface area (Å²) in [5, 5.41) is 11.0. The number of aromatic nitrogens is 3. The zero-order chi connectivity index (χ0) is 17.1. The molecular formula is C16H12N4O4S. The van der Waals surface area contributed by atoms with Gasteiger partial charge in [-0.2, -0.15) is 0 Å². The number of hydrogen-bond acceptors (Lipinski definition) is 8. The average Bonchev–Trinajstić information content (AvgIpc) is 3.30. The molecule has 126 valence electrons. The molecule has 1 aliphatic rings. The molecule has 0 aliphatic carbocycles. The van der Waals surface area contributed by atoms with Crippen molar-refractivity contribution in [3.05, 3.63) is 42.7 Å². The van der Waals surface area contributed by atoms with Gasteiger partial charge in [0.2, 0.25) is 18.6 Å². The molecule has 1 N–H and O–H groups in total. The van der Waals surface area contributed by atoms with E-state index in [9.17, 15) is 4.79 Å². The predicted molar refractivity (Wildman–Crippen MR) is 89.4 cm³/mol. The van der Waals surface area contributed by atoms with Crippen LogP contribution in [0.15, 0.2) is 52.4 Å². The van der Waals surface area contributed by atoms with Crippen molar-refractivity contribution in [2.24, 2.45) is 0 Å². The van der Waals surface area contributed by atoms with Crippen molar-refractivity contribution in [2.45, 2.75) is 5.22 Å². The normalized spacial score (nSPS) is 12.2. The van der Waals surface area contributed by atoms with Crippen LogP contribution in [0.4, 0.5) is 5.69 Å². The van der Waals surface area contributed by atoms with E-state index in [1.165, 1.54) is 0 Å². The lowest BCUT2D eigenvalue weighted by atomic mass is 10.3. The Balaban J connectivity index is 1.34. The van der Waals surface area contributed by atoms with Crippen molar-refractivity contribution >= 4 is 23.4 Å². The topological polar surface area (TPSA) is 99.4 Å². The molecule has 9 heteroatoms. The third-order valence-electron chi connectivity index (χ3n) is 3.32. The van der Waals surface area contributed by atoms with Gasteiger partial charge < -0.3 is 19.2 Å². The lowest BCUT2D eigenvalue weighted by Gasteiger charge is -2.05. The van der Waals surface area contributed by atoms with Gasteiger partial charge in [-0.3, -0.25) is 9.78 Å². The minimum absolute atomic E-state index is 0.145. The molecule has 0 bridgehead atoms. The van der Waals surface area contributed by atoms with Gasteiger partial charge in [-0.15, -0.1) is 10.2 Å². The average molecular weight is 356 g/mol. The summed E-state index contributed by atoms with van der Waals surface area (Å²) in [5.74, 6) is 1.63. The number of nitrogens with one attached hydrogen (secondary N) is 1. The lowest BCUT2D eigenvalue weighted by molar-refractivity contribution is -0.113. The maximum Gasteiger partial charge on any atom is 0.277 e. The van der Waals surface area contributed by atoms with Crippen molar-refractivity contribution in [2.75, 3.05) is 17.9 Å². The highest BCUT2D eigenvalue weighted by molar-refractivity contribution is 7.99. The van der Waals surface area contributed by atoms with Crippen LogP contribution in [0.1, 0.15) is 0 Å². The first-order valence-electron chi connectivity index (χ1n) is 7.34. The minimum Gasteiger partial charge on any atom is -0.454 e. The second-order valence-electron chi connectivity index (χ2n) is 5.01. The van der Waals surface area contributed by atoms with E-state index in [-0.39, 0.29) is 18.5 Å². The number of ether oxygens (including phenoxy) is 2. The molecule has 0 radical (unpaired) electrons. The van der Waals surface area contributed by atoms with E-state index < -0.39 is 0 Å². The fourth-order valence-corrected chi connectivity index (χ4v) is 2.74. The number of amides is 1. The predicted octanol–water partition coefficient (Wildman–Crippen LogP) is 2.59. The Morgan fingerprint density at radius 1 is 1.12 bits per heavy atom. The van der Waals surface area contributed by atoms with Gasteiger partial charge in [0, 0.05) is 29.7 Å². The van der Waals surface area contributed by atoms with Crippen molar-refractivity contribution in [1.29, 1.82) is 0 Å². The first-order chi connectivity index (χ1) is 12.3. The van der Waals surface area contributed by atoms with Crippen molar-refractivity contribution in [1.82, 2.24) is 15.2 Å². The van der Waals surface area contributed by atoms with Crippen LogP contribution in [0.5, 0.6) is 11.5 Å². The van der Waals surface area contributed by atoms with Gasteiger partial charge in [0.1, 0.15) is 0 Å². The third kappa shape index (κ3) is 3.56.